The lowest BCUT2D eigenvalue weighted by Gasteiger charge is -2.24. The van der Waals surface area contributed by atoms with Gasteiger partial charge in [0.15, 0.2) is 0 Å². The Morgan fingerprint density at radius 1 is 1.47 bits per heavy atom. The fraction of sp³-hybridized carbons (Fsp3) is 0.909. The van der Waals surface area contributed by atoms with Crippen LogP contribution in [0.25, 0.3) is 0 Å². The molecule has 1 saturated heterocycles. The normalized spacial score (nSPS) is 30.9. The summed E-state index contributed by atoms with van der Waals surface area (Å²) >= 11 is 0. The van der Waals surface area contributed by atoms with E-state index in [4.69, 9.17) is 15.6 Å². The highest BCUT2D eigenvalue weighted by molar-refractivity contribution is 5.73. The zero-order valence-electron chi connectivity index (χ0n) is 8.95. The van der Waals surface area contributed by atoms with E-state index in [1.165, 1.54) is 12.8 Å². The molecular formula is C11H19NO3. The van der Waals surface area contributed by atoms with Crippen LogP contribution >= 0.6 is 0 Å². The average Bonchev–Trinajstić information content (AvgIpc) is 2.78. The van der Waals surface area contributed by atoms with Gasteiger partial charge in [-0.05, 0) is 32.1 Å². The molecule has 1 aliphatic heterocycles. The van der Waals surface area contributed by atoms with Crippen molar-refractivity contribution in [3.8, 4) is 0 Å². The van der Waals surface area contributed by atoms with Crippen molar-refractivity contribution in [1.82, 2.24) is 0 Å². The maximum Gasteiger partial charge on any atom is 0.320 e. The van der Waals surface area contributed by atoms with Crippen LogP contribution in [0.5, 0.6) is 0 Å². The van der Waals surface area contributed by atoms with Crippen molar-refractivity contribution in [1.29, 1.82) is 0 Å². The average molecular weight is 213 g/mol. The third-order valence-corrected chi connectivity index (χ3v) is 3.69. The van der Waals surface area contributed by atoms with Crippen LogP contribution in [0.1, 0.15) is 44.9 Å². The summed E-state index contributed by atoms with van der Waals surface area (Å²) < 4.78 is 5.99. The molecule has 15 heavy (non-hydrogen) atoms. The van der Waals surface area contributed by atoms with E-state index < -0.39 is 12.0 Å². The molecule has 1 heterocycles. The third-order valence-electron chi connectivity index (χ3n) is 3.69. The second-order valence-corrected chi connectivity index (χ2v) is 4.85. The zero-order valence-corrected chi connectivity index (χ0v) is 8.95. The van der Waals surface area contributed by atoms with Crippen molar-refractivity contribution < 1.29 is 14.6 Å². The number of rotatable bonds is 3. The Morgan fingerprint density at radius 2 is 2.13 bits per heavy atom. The predicted octanol–water partition coefficient (Wildman–Crippen LogP) is 1.28. The minimum Gasteiger partial charge on any atom is -0.480 e. The summed E-state index contributed by atoms with van der Waals surface area (Å²) in [7, 11) is 0. The van der Waals surface area contributed by atoms with Gasteiger partial charge in [0, 0.05) is 0 Å². The number of hydrogen-bond acceptors (Lipinski definition) is 3. The fourth-order valence-corrected chi connectivity index (χ4v) is 2.83. The topological polar surface area (TPSA) is 72.5 Å². The molecule has 0 aromatic rings. The van der Waals surface area contributed by atoms with Gasteiger partial charge in [0.05, 0.1) is 11.7 Å². The summed E-state index contributed by atoms with van der Waals surface area (Å²) in [6.07, 6.45) is 7.36. The fourth-order valence-electron chi connectivity index (χ4n) is 2.83. The SMILES string of the molecule is NC(CC1CCC2(CCCC2)O1)C(=O)O. The summed E-state index contributed by atoms with van der Waals surface area (Å²) in [5.41, 5.74) is 5.59. The molecule has 4 heteroatoms. The standard InChI is InChI=1S/C11H19NO3/c12-9(10(13)14)7-8-3-6-11(15-8)4-1-2-5-11/h8-9H,1-7,12H2,(H,13,14). The molecular weight excluding hydrogens is 194 g/mol. The molecule has 1 spiro atoms. The van der Waals surface area contributed by atoms with Crippen molar-refractivity contribution in [2.75, 3.05) is 0 Å². The summed E-state index contributed by atoms with van der Waals surface area (Å²) in [4.78, 5) is 10.6. The monoisotopic (exact) mass is 213 g/mol. The molecule has 2 unspecified atom stereocenters. The number of carbonyl (C=O) groups is 1. The number of hydrogen-bond donors (Lipinski definition) is 2. The van der Waals surface area contributed by atoms with Crippen LogP contribution in [-0.4, -0.2) is 28.8 Å². The predicted molar refractivity (Wildman–Crippen MR) is 55.5 cm³/mol. The Kier molecular flexibility index (Phi) is 2.98. The molecule has 0 amide bonds. The van der Waals surface area contributed by atoms with Crippen LogP contribution in [-0.2, 0) is 9.53 Å². The summed E-state index contributed by atoms with van der Waals surface area (Å²) in [5.74, 6) is -0.925. The minimum atomic E-state index is -0.925. The second kappa shape index (κ2) is 4.10. The van der Waals surface area contributed by atoms with Gasteiger partial charge in [-0.2, -0.15) is 0 Å². The van der Waals surface area contributed by atoms with Gasteiger partial charge < -0.3 is 15.6 Å². The Morgan fingerprint density at radius 3 is 2.73 bits per heavy atom. The van der Waals surface area contributed by atoms with E-state index in [9.17, 15) is 4.79 Å². The molecule has 3 N–H and O–H groups in total. The molecule has 4 nitrogen and oxygen atoms in total. The highest BCUT2D eigenvalue weighted by Crippen LogP contribution is 2.44. The maximum atomic E-state index is 10.6. The van der Waals surface area contributed by atoms with Crippen molar-refractivity contribution in [2.24, 2.45) is 5.73 Å². The smallest absolute Gasteiger partial charge is 0.320 e. The van der Waals surface area contributed by atoms with Crippen LogP contribution in [0.4, 0.5) is 0 Å². The van der Waals surface area contributed by atoms with Gasteiger partial charge in [0.25, 0.3) is 0 Å². The lowest BCUT2D eigenvalue weighted by Crippen LogP contribution is -2.35. The van der Waals surface area contributed by atoms with Gasteiger partial charge in [-0.3, -0.25) is 4.79 Å². The van der Waals surface area contributed by atoms with Gasteiger partial charge in [-0.1, -0.05) is 12.8 Å². The summed E-state index contributed by atoms with van der Waals surface area (Å²) in [5, 5.41) is 8.72. The van der Waals surface area contributed by atoms with Crippen molar-refractivity contribution in [3.05, 3.63) is 0 Å². The first-order chi connectivity index (χ1) is 7.11. The number of aliphatic carboxylic acids is 1. The quantitative estimate of drug-likeness (QED) is 0.740. The first-order valence-electron chi connectivity index (χ1n) is 5.77. The molecule has 0 aromatic carbocycles. The molecule has 2 atom stereocenters. The van der Waals surface area contributed by atoms with Gasteiger partial charge in [0.2, 0.25) is 0 Å². The van der Waals surface area contributed by atoms with Crippen LogP contribution in [0, 0.1) is 0 Å². The maximum absolute atomic E-state index is 10.6. The molecule has 1 saturated carbocycles. The number of ether oxygens (including phenoxy) is 1. The Labute approximate surface area is 89.8 Å². The van der Waals surface area contributed by atoms with Gasteiger partial charge in [-0.25, -0.2) is 0 Å². The molecule has 86 valence electrons. The lowest BCUT2D eigenvalue weighted by molar-refractivity contribution is -0.140. The molecule has 1 aliphatic carbocycles. The van der Waals surface area contributed by atoms with E-state index in [1.807, 2.05) is 0 Å². The van der Waals surface area contributed by atoms with E-state index in [2.05, 4.69) is 0 Å². The molecule has 2 fully saturated rings. The summed E-state index contributed by atoms with van der Waals surface area (Å²) in [6.45, 7) is 0. The Bertz CT molecular complexity index is 248. The van der Waals surface area contributed by atoms with Crippen molar-refractivity contribution >= 4 is 5.97 Å². The molecule has 0 bridgehead atoms. The highest BCUT2D eigenvalue weighted by atomic mass is 16.5. The lowest BCUT2D eigenvalue weighted by atomic mass is 9.97. The van der Waals surface area contributed by atoms with Gasteiger partial charge in [0.1, 0.15) is 6.04 Å². The zero-order chi connectivity index (χ0) is 10.9. The van der Waals surface area contributed by atoms with Crippen molar-refractivity contribution in [2.45, 2.75) is 62.7 Å². The Hall–Kier alpha value is -0.610. The third kappa shape index (κ3) is 2.32. The number of carboxylic acids is 1. The van der Waals surface area contributed by atoms with Crippen molar-refractivity contribution in [3.63, 3.8) is 0 Å². The van der Waals surface area contributed by atoms with E-state index in [0.29, 0.717) is 6.42 Å². The molecule has 2 aliphatic rings. The van der Waals surface area contributed by atoms with Crippen LogP contribution in [0.3, 0.4) is 0 Å². The van der Waals surface area contributed by atoms with Crippen LogP contribution in [0.2, 0.25) is 0 Å². The highest BCUT2D eigenvalue weighted by Gasteiger charge is 2.42. The number of carboxylic acid groups (broad SMARTS) is 1. The molecule has 2 rings (SSSR count). The minimum absolute atomic E-state index is 0.0641. The van der Waals surface area contributed by atoms with E-state index in [-0.39, 0.29) is 11.7 Å². The first kappa shape index (κ1) is 10.9. The van der Waals surface area contributed by atoms with E-state index >= 15 is 0 Å². The summed E-state index contributed by atoms with van der Waals surface area (Å²) in [6, 6.07) is -0.772. The largest absolute Gasteiger partial charge is 0.480 e. The van der Waals surface area contributed by atoms with Crippen LogP contribution < -0.4 is 5.73 Å². The van der Waals surface area contributed by atoms with Gasteiger partial charge >= 0.3 is 5.97 Å². The molecule has 0 aromatic heterocycles. The van der Waals surface area contributed by atoms with E-state index in [1.54, 1.807) is 0 Å². The van der Waals surface area contributed by atoms with E-state index in [0.717, 1.165) is 25.7 Å². The second-order valence-electron chi connectivity index (χ2n) is 4.85. The van der Waals surface area contributed by atoms with Crippen LogP contribution in [0.15, 0.2) is 0 Å². The molecule has 0 radical (unpaired) electrons. The number of nitrogens with two attached hydrogens (primary N) is 1. The first-order valence-corrected chi connectivity index (χ1v) is 5.77. The Balaban J connectivity index is 1.84. The van der Waals surface area contributed by atoms with Gasteiger partial charge in [-0.15, -0.1) is 0 Å².